The second-order valence-corrected chi connectivity index (χ2v) is 13.9. The molecule has 6 aromatic carbocycles. The SMILES string of the molecule is [C-]#[N+]c1cc(-c2ccc3c(c2)sc2ccccc23)cc(C#N)c1-n1c2ccc(-c3ccccc3)cc2c2cc(C(C)(C)C)ccc21. The molecule has 0 spiro atoms. The molecule has 0 unspecified atom stereocenters. The van der Waals surface area contributed by atoms with Gasteiger partial charge in [0.25, 0.3) is 0 Å². The topological polar surface area (TPSA) is 33.1 Å². The van der Waals surface area contributed by atoms with Gasteiger partial charge in [0.2, 0.25) is 5.69 Å². The van der Waals surface area contributed by atoms with Gasteiger partial charge in [-0.2, -0.15) is 5.26 Å². The molecule has 8 rings (SSSR count). The van der Waals surface area contributed by atoms with Crippen molar-refractivity contribution in [3.8, 4) is 34.0 Å². The molecule has 46 heavy (non-hydrogen) atoms. The lowest BCUT2D eigenvalue weighted by atomic mass is 9.86. The van der Waals surface area contributed by atoms with E-state index in [2.05, 4.69) is 139 Å². The summed E-state index contributed by atoms with van der Waals surface area (Å²) in [6.07, 6.45) is 0. The molecule has 0 radical (unpaired) electrons. The maximum absolute atomic E-state index is 10.6. The van der Waals surface area contributed by atoms with Crippen LogP contribution in [0.15, 0.2) is 121 Å². The second kappa shape index (κ2) is 10.5. The van der Waals surface area contributed by atoms with Crippen LogP contribution in [0.5, 0.6) is 0 Å². The highest BCUT2D eigenvalue weighted by molar-refractivity contribution is 7.25. The lowest BCUT2D eigenvalue weighted by Crippen LogP contribution is -2.10. The fourth-order valence-electron chi connectivity index (χ4n) is 6.64. The van der Waals surface area contributed by atoms with Gasteiger partial charge in [0, 0.05) is 30.9 Å². The molecule has 2 heterocycles. The molecule has 0 fully saturated rings. The number of fused-ring (bicyclic) bond motifs is 6. The van der Waals surface area contributed by atoms with Crippen LogP contribution in [0.1, 0.15) is 31.9 Å². The van der Waals surface area contributed by atoms with E-state index < -0.39 is 0 Å². The number of rotatable bonds is 3. The van der Waals surface area contributed by atoms with E-state index in [9.17, 15) is 5.26 Å². The van der Waals surface area contributed by atoms with Gasteiger partial charge < -0.3 is 4.57 Å². The third-order valence-electron chi connectivity index (χ3n) is 9.00. The van der Waals surface area contributed by atoms with Crippen molar-refractivity contribution in [1.82, 2.24) is 4.57 Å². The van der Waals surface area contributed by atoms with Gasteiger partial charge in [-0.25, -0.2) is 4.85 Å². The van der Waals surface area contributed by atoms with Crippen LogP contribution in [-0.4, -0.2) is 4.57 Å². The normalized spacial score (nSPS) is 11.8. The minimum absolute atomic E-state index is 0.0314. The summed E-state index contributed by atoms with van der Waals surface area (Å²) in [5.41, 5.74) is 8.86. The summed E-state index contributed by atoms with van der Waals surface area (Å²) >= 11 is 1.77. The predicted molar refractivity (Wildman–Crippen MR) is 194 cm³/mol. The molecule has 0 saturated carbocycles. The number of nitrogens with zero attached hydrogens (tertiary/aromatic N) is 3. The van der Waals surface area contributed by atoms with Crippen molar-refractivity contribution in [2.24, 2.45) is 0 Å². The maximum Gasteiger partial charge on any atom is 0.212 e. The zero-order chi connectivity index (χ0) is 31.6. The molecular weight excluding hydrogens is 579 g/mol. The lowest BCUT2D eigenvalue weighted by molar-refractivity contribution is 0.591. The zero-order valence-corrected chi connectivity index (χ0v) is 26.6. The van der Waals surface area contributed by atoms with Gasteiger partial charge in [0.05, 0.1) is 34.9 Å². The van der Waals surface area contributed by atoms with E-state index in [-0.39, 0.29) is 5.41 Å². The van der Waals surface area contributed by atoms with Crippen LogP contribution < -0.4 is 0 Å². The smallest absolute Gasteiger partial charge is 0.212 e. The quantitative estimate of drug-likeness (QED) is 0.184. The number of nitriles is 1. The molecule has 0 N–H and O–H groups in total. The van der Waals surface area contributed by atoms with Crippen LogP contribution in [0.25, 0.3) is 74.8 Å². The molecule has 218 valence electrons. The Labute approximate surface area is 272 Å². The van der Waals surface area contributed by atoms with Crippen molar-refractivity contribution in [2.75, 3.05) is 0 Å². The number of hydrogen-bond acceptors (Lipinski definition) is 2. The highest BCUT2D eigenvalue weighted by Crippen LogP contribution is 2.43. The Bertz CT molecular complexity index is 2550. The minimum atomic E-state index is -0.0314. The van der Waals surface area contributed by atoms with Gasteiger partial charge in [-0.1, -0.05) is 93.6 Å². The molecule has 0 aliphatic heterocycles. The molecule has 8 aromatic rings. The Balaban J connectivity index is 1.38. The maximum atomic E-state index is 10.6. The number of thiophene rings is 1. The molecule has 4 heteroatoms. The number of hydrogen-bond donors (Lipinski definition) is 0. The van der Waals surface area contributed by atoms with Gasteiger partial charge in [-0.3, -0.25) is 0 Å². The monoisotopic (exact) mass is 607 g/mol. The molecule has 0 aliphatic rings. The first kappa shape index (κ1) is 27.8. The van der Waals surface area contributed by atoms with Crippen LogP contribution in [0, 0.1) is 17.9 Å². The van der Waals surface area contributed by atoms with Gasteiger partial charge in [-0.15, -0.1) is 11.3 Å². The Morgan fingerprint density at radius 1 is 0.630 bits per heavy atom. The first-order chi connectivity index (χ1) is 22.3. The van der Waals surface area contributed by atoms with Crippen molar-refractivity contribution in [1.29, 1.82) is 5.26 Å². The average Bonchev–Trinajstić information content (AvgIpc) is 3.62. The van der Waals surface area contributed by atoms with E-state index in [1.54, 1.807) is 11.3 Å². The van der Waals surface area contributed by atoms with Crippen molar-refractivity contribution in [2.45, 2.75) is 26.2 Å². The molecule has 0 aliphatic carbocycles. The minimum Gasteiger partial charge on any atom is -0.318 e. The van der Waals surface area contributed by atoms with Crippen LogP contribution in [0.2, 0.25) is 0 Å². The van der Waals surface area contributed by atoms with Crippen LogP contribution in [0.3, 0.4) is 0 Å². The first-order valence-electron chi connectivity index (χ1n) is 15.4. The molecule has 2 aromatic heterocycles. The summed E-state index contributed by atoms with van der Waals surface area (Å²) in [6, 6.07) is 44.8. The third kappa shape index (κ3) is 4.39. The highest BCUT2D eigenvalue weighted by atomic mass is 32.1. The zero-order valence-electron chi connectivity index (χ0n) is 25.8. The Morgan fingerprint density at radius 2 is 1.30 bits per heavy atom. The molecule has 0 atom stereocenters. The van der Waals surface area contributed by atoms with Crippen LogP contribution in [0.4, 0.5) is 5.69 Å². The summed E-state index contributed by atoms with van der Waals surface area (Å²) in [5.74, 6) is 0. The van der Waals surface area contributed by atoms with E-state index in [1.807, 2.05) is 18.2 Å². The fourth-order valence-corrected chi connectivity index (χ4v) is 7.78. The van der Waals surface area contributed by atoms with Gasteiger partial charge >= 0.3 is 0 Å². The standard InChI is InChI=1S/C42H29N3S/c1-42(2,3)31-16-19-38-35(24-31)34-21-27(26-10-6-5-7-11-26)15-18-37(34)45(38)41-30(25-43)20-29(22-36(41)44-4)28-14-17-33-32-12-8-9-13-39(32)46-40(33)23-28/h5-24H,1-3H3. The van der Waals surface area contributed by atoms with E-state index in [0.717, 1.165) is 44.1 Å². The summed E-state index contributed by atoms with van der Waals surface area (Å²) in [4.78, 5) is 4.03. The Hall–Kier alpha value is -5.68. The largest absolute Gasteiger partial charge is 0.318 e. The van der Waals surface area contributed by atoms with E-state index in [4.69, 9.17) is 6.57 Å². The molecule has 0 amide bonds. The van der Waals surface area contributed by atoms with E-state index in [1.165, 1.54) is 25.7 Å². The van der Waals surface area contributed by atoms with E-state index in [0.29, 0.717) is 16.9 Å². The lowest BCUT2D eigenvalue weighted by Gasteiger charge is -2.19. The van der Waals surface area contributed by atoms with Crippen LogP contribution >= 0.6 is 11.3 Å². The van der Waals surface area contributed by atoms with E-state index >= 15 is 0 Å². The summed E-state index contributed by atoms with van der Waals surface area (Å²) in [6.45, 7) is 15.0. The van der Waals surface area contributed by atoms with Crippen molar-refractivity contribution < 1.29 is 0 Å². The molecule has 3 nitrogen and oxygen atoms in total. The molecular formula is C42H29N3S. The summed E-state index contributed by atoms with van der Waals surface area (Å²) in [5, 5.41) is 15.3. The van der Waals surface area contributed by atoms with Crippen molar-refractivity contribution >= 4 is 59.0 Å². The molecule has 0 saturated heterocycles. The summed E-state index contributed by atoms with van der Waals surface area (Å²) < 4.78 is 4.56. The highest BCUT2D eigenvalue weighted by Gasteiger charge is 2.22. The summed E-state index contributed by atoms with van der Waals surface area (Å²) in [7, 11) is 0. The van der Waals surface area contributed by atoms with Gasteiger partial charge in [0.1, 0.15) is 0 Å². The van der Waals surface area contributed by atoms with Gasteiger partial charge in [0.15, 0.2) is 0 Å². The fraction of sp³-hybridized carbons (Fsp3) is 0.0952. The predicted octanol–water partition coefficient (Wildman–Crippen LogP) is 12.2. The van der Waals surface area contributed by atoms with Crippen LogP contribution in [-0.2, 0) is 5.41 Å². The molecule has 0 bridgehead atoms. The Kier molecular flexibility index (Phi) is 6.33. The average molecular weight is 608 g/mol. The number of benzene rings is 6. The third-order valence-corrected chi connectivity index (χ3v) is 10.1. The number of aromatic nitrogens is 1. The Morgan fingerprint density at radius 3 is 2.07 bits per heavy atom. The van der Waals surface area contributed by atoms with Crippen molar-refractivity contribution in [3.05, 3.63) is 144 Å². The van der Waals surface area contributed by atoms with Crippen molar-refractivity contribution in [3.63, 3.8) is 0 Å². The van der Waals surface area contributed by atoms with Gasteiger partial charge in [-0.05, 0) is 81.8 Å². The first-order valence-corrected chi connectivity index (χ1v) is 16.2. The second-order valence-electron chi connectivity index (χ2n) is 12.8.